The lowest BCUT2D eigenvalue weighted by atomic mass is 10.2. The van der Waals surface area contributed by atoms with Crippen molar-refractivity contribution in [3.05, 3.63) is 38.3 Å². The first kappa shape index (κ1) is 15.7. The van der Waals surface area contributed by atoms with Crippen LogP contribution in [0.25, 0.3) is 0 Å². The molecule has 4 heteroatoms. The van der Waals surface area contributed by atoms with Crippen LogP contribution in [0.3, 0.4) is 0 Å². The molecule has 0 bridgehead atoms. The fourth-order valence-corrected chi connectivity index (χ4v) is 2.96. The molecule has 0 spiro atoms. The van der Waals surface area contributed by atoms with Crippen molar-refractivity contribution in [2.45, 2.75) is 27.3 Å². The van der Waals surface area contributed by atoms with Gasteiger partial charge in [-0.15, -0.1) is 0 Å². The van der Waals surface area contributed by atoms with Crippen molar-refractivity contribution >= 4 is 31.9 Å². The first-order valence-corrected chi connectivity index (χ1v) is 7.58. The third-order valence-corrected chi connectivity index (χ3v) is 3.39. The molecule has 1 aromatic carbocycles. The number of halogens is 2. The molecular weight excluding hydrogens is 358 g/mol. The molecule has 0 radical (unpaired) electrons. The van der Waals surface area contributed by atoms with Crippen molar-refractivity contribution in [3.8, 4) is 5.75 Å². The zero-order valence-corrected chi connectivity index (χ0v) is 14.2. The highest BCUT2D eigenvalue weighted by Gasteiger charge is 2.09. The van der Waals surface area contributed by atoms with E-state index in [0.717, 1.165) is 33.3 Å². The lowest BCUT2D eigenvalue weighted by Gasteiger charge is -2.13. The fourth-order valence-electron chi connectivity index (χ4n) is 1.53. The Bertz CT molecular complexity index is 426. The predicted octanol–water partition coefficient (Wildman–Crippen LogP) is 4.67. The van der Waals surface area contributed by atoms with Crippen molar-refractivity contribution in [3.63, 3.8) is 0 Å². The highest BCUT2D eigenvalue weighted by molar-refractivity contribution is 9.11. The van der Waals surface area contributed by atoms with Gasteiger partial charge >= 0.3 is 0 Å². The van der Waals surface area contributed by atoms with Gasteiger partial charge in [0.1, 0.15) is 5.75 Å². The van der Waals surface area contributed by atoms with E-state index in [1.165, 1.54) is 5.57 Å². The molecule has 1 N–H and O–H groups in total. The first-order valence-electron chi connectivity index (χ1n) is 5.99. The molecule has 0 amide bonds. The van der Waals surface area contributed by atoms with Gasteiger partial charge in [0.05, 0.1) is 11.1 Å². The molecule has 18 heavy (non-hydrogen) atoms. The maximum atomic E-state index is 5.68. The number of ether oxygens (including phenoxy) is 1. The van der Waals surface area contributed by atoms with Gasteiger partial charge < -0.3 is 10.1 Å². The summed E-state index contributed by atoms with van der Waals surface area (Å²) in [6, 6.07) is 4.09. The molecule has 0 heterocycles. The topological polar surface area (TPSA) is 21.3 Å². The Morgan fingerprint density at radius 3 is 2.67 bits per heavy atom. The summed E-state index contributed by atoms with van der Waals surface area (Å²) in [4.78, 5) is 0. The van der Waals surface area contributed by atoms with E-state index in [1.54, 1.807) is 0 Å². The molecular formula is C14H19Br2NO. The van der Waals surface area contributed by atoms with Crippen molar-refractivity contribution < 1.29 is 4.74 Å². The van der Waals surface area contributed by atoms with Gasteiger partial charge in [-0.25, -0.2) is 0 Å². The van der Waals surface area contributed by atoms with Crippen LogP contribution < -0.4 is 10.1 Å². The number of benzene rings is 1. The second kappa shape index (κ2) is 7.97. The maximum absolute atomic E-state index is 5.68. The van der Waals surface area contributed by atoms with Crippen molar-refractivity contribution in [1.82, 2.24) is 5.32 Å². The Balaban J connectivity index is 2.76. The van der Waals surface area contributed by atoms with Gasteiger partial charge in [-0.05, 0) is 48.8 Å². The van der Waals surface area contributed by atoms with Crippen LogP contribution in [0.15, 0.2) is 32.7 Å². The third kappa shape index (κ3) is 5.12. The van der Waals surface area contributed by atoms with E-state index in [4.69, 9.17) is 4.74 Å². The monoisotopic (exact) mass is 375 g/mol. The van der Waals surface area contributed by atoms with E-state index < -0.39 is 0 Å². The molecule has 0 unspecified atom stereocenters. The highest BCUT2D eigenvalue weighted by Crippen LogP contribution is 2.32. The number of nitrogens with one attached hydrogen (secondary N) is 1. The predicted molar refractivity (Wildman–Crippen MR) is 84.1 cm³/mol. The quantitative estimate of drug-likeness (QED) is 0.575. The summed E-state index contributed by atoms with van der Waals surface area (Å²) >= 11 is 7.04. The van der Waals surface area contributed by atoms with Gasteiger partial charge in [-0.3, -0.25) is 0 Å². The Hall–Kier alpha value is -0.320. The van der Waals surface area contributed by atoms with Crippen LogP contribution in [0.2, 0.25) is 0 Å². The van der Waals surface area contributed by atoms with Crippen LogP contribution in [-0.4, -0.2) is 13.2 Å². The van der Waals surface area contributed by atoms with Crippen molar-refractivity contribution in [2.24, 2.45) is 0 Å². The summed E-state index contributed by atoms with van der Waals surface area (Å²) in [5.74, 6) is 0.922. The Morgan fingerprint density at radius 2 is 2.06 bits per heavy atom. The van der Waals surface area contributed by atoms with Gasteiger partial charge in [0.25, 0.3) is 0 Å². The summed E-state index contributed by atoms with van der Waals surface area (Å²) in [7, 11) is 0. The first-order chi connectivity index (χ1) is 8.54. The van der Waals surface area contributed by atoms with Gasteiger partial charge in [0.2, 0.25) is 0 Å². The minimum absolute atomic E-state index is 0.668. The number of allylic oxidation sites excluding steroid dienone is 1. The zero-order valence-electron chi connectivity index (χ0n) is 11.0. The Morgan fingerprint density at radius 1 is 1.33 bits per heavy atom. The summed E-state index contributed by atoms with van der Waals surface area (Å²) in [6.07, 6.45) is 2.17. The Kier molecular flexibility index (Phi) is 6.97. The van der Waals surface area contributed by atoms with E-state index in [1.807, 2.05) is 13.0 Å². The van der Waals surface area contributed by atoms with Gasteiger partial charge in [-0.1, -0.05) is 27.6 Å². The molecule has 0 aliphatic heterocycles. The van der Waals surface area contributed by atoms with Crippen molar-refractivity contribution in [1.29, 1.82) is 0 Å². The van der Waals surface area contributed by atoms with Crippen LogP contribution in [0.5, 0.6) is 5.75 Å². The van der Waals surface area contributed by atoms with E-state index in [0.29, 0.717) is 6.61 Å². The van der Waals surface area contributed by atoms with E-state index in [-0.39, 0.29) is 0 Å². The molecule has 0 aromatic heterocycles. The normalized spacial score (nSPS) is 10.3. The zero-order chi connectivity index (χ0) is 13.5. The molecule has 0 atom stereocenters. The summed E-state index contributed by atoms with van der Waals surface area (Å²) in [5.41, 5.74) is 2.48. The maximum Gasteiger partial charge on any atom is 0.138 e. The van der Waals surface area contributed by atoms with Gasteiger partial charge in [0, 0.05) is 23.1 Å². The number of hydrogen-bond acceptors (Lipinski definition) is 2. The van der Waals surface area contributed by atoms with Crippen molar-refractivity contribution in [2.75, 3.05) is 13.2 Å². The van der Waals surface area contributed by atoms with Crippen LogP contribution >= 0.6 is 31.9 Å². The van der Waals surface area contributed by atoms with Crippen LogP contribution in [-0.2, 0) is 6.54 Å². The summed E-state index contributed by atoms with van der Waals surface area (Å²) < 4.78 is 7.71. The second-order valence-corrected chi connectivity index (χ2v) is 5.99. The molecule has 100 valence electrons. The average Bonchev–Trinajstić information content (AvgIpc) is 2.28. The van der Waals surface area contributed by atoms with Crippen LogP contribution in [0.1, 0.15) is 26.3 Å². The summed E-state index contributed by atoms with van der Waals surface area (Å²) in [6.45, 7) is 8.53. The molecule has 2 nitrogen and oxygen atoms in total. The lowest BCUT2D eigenvalue weighted by molar-refractivity contribution is 0.333. The number of hydrogen-bond donors (Lipinski definition) is 1. The van der Waals surface area contributed by atoms with Crippen LogP contribution in [0, 0.1) is 0 Å². The molecule has 1 rings (SSSR count). The van der Waals surface area contributed by atoms with E-state index in [9.17, 15) is 0 Å². The second-order valence-electron chi connectivity index (χ2n) is 4.22. The lowest BCUT2D eigenvalue weighted by Crippen LogP contribution is -2.14. The molecule has 1 aromatic rings. The van der Waals surface area contributed by atoms with E-state index in [2.05, 4.69) is 63.2 Å². The SMILES string of the molecule is CCOc1c(Br)cc(Br)cc1CNCC=C(C)C. The minimum Gasteiger partial charge on any atom is -0.492 e. The van der Waals surface area contributed by atoms with Gasteiger partial charge in [0.15, 0.2) is 0 Å². The fraction of sp³-hybridized carbons (Fsp3) is 0.429. The molecule has 0 aliphatic rings. The summed E-state index contributed by atoms with van der Waals surface area (Å²) in [5, 5.41) is 3.39. The number of rotatable bonds is 6. The molecule has 0 saturated heterocycles. The molecule has 0 saturated carbocycles. The standard InChI is InChI=1S/C14H19Br2NO/c1-4-18-14-11(7-12(15)8-13(14)16)9-17-6-5-10(2)3/h5,7-8,17H,4,6,9H2,1-3H3. The highest BCUT2D eigenvalue weighted by atomic mass is 79.9. The molecule has 0 aliphatic carbocycles. The van der Waals surface area contributed by atoms with Gasteiger partial charge in [-0.2, -0.15) is 0 Å². The van der Waals surface area contributed by atoms with Crippen LogP contribution in [0.4, 0.5) is 0 Å². The largest absolute Gasteiger partial charge is 0.492 e. The third-order valence-electron chi connectivity index (χ3n) is 2.34. The Labute approximate surface area is 126 Å². The average molecular weight is 377 g/mol. The smallest absolute Gasteiger partial charge is 0.138 e. The minimum atomic E-state index is 0.668. The molecule has 0 fully saturated rings. The van der Waals surface area contributed by atoms with E-state index >= 15 is 0 Å².